The second-order valence-electron chi connectivity index (χ2n) is 7.37. The lowest BCUT2D eigenvalue weighted by molar-refractivity contribution is -0.133. The van der Waals surface area contributed by atoms with Gasteiger partial charge in [0.25, 0.3) is 0 Å². The first-order valence-electron chi connectivity index (χ1n) is 9.96. The number of nitrogens with one attached hydrogen (secondary N) is 1. The summed E-state index contributed by atoms with van der Waals surface area (Å²) in [7, 11) is 0. The van der Waals surface area contributed by atoms with Crippen molar-refractivity contribution in [3.63, 3.8) is 0 Å². The van der Waals surface area contributed by atoms with Crippen LogP contribution < -0.4 is 5.32 Å². The molecule has 3 aromatic rings. The number of carbonyl (C=O) groups is 1. The Kier molecular flexibility index (Phi) is 9.13. The standard InChI is InChI=1S/C18H15Br2NO2.C7H8OS/c19-13-5-1-3-11(9-13)16-8-7-15(18(22)23)17(21-16)12-4-2-6-14(20)10-12;1-6-2-4-7(9-8)5-3-6/h1-7,9-10,16-17,21H,8H2,(H,22,23);2-5,8H,1H3. The van der Waals surface area contributed by atoms with Crippen molar-refractivity contribution in [2.75, 3.05) is 0 Å². The molecule has 0 fully saturated rings. The molecule has 2 unspecified atom stereocenters. The molecule has 0 bridgehead atoms. The van der Waals surface area contributed by atoms with E-state index in [1.165, 1.54) is 5.56 Å². The average Bonchev–Trinajstić information content (AvgIpc) is 2.79. The topological polar surface area (TPSA) is 69.6 Å². The fraction of sp³-hybridized carbons (Fsp3) is 0.160. The fourth-order valence-electron chi connectivity index (χ4n) is 3.45. The molecule has 0 radical (unpaired) electrons. The van der Waals surface area contributed by atoms with Gasteiger partial charge in [0.05, 0.1) is 11.6 Å². The highest BCUT2D eigenvalue weighted by atomic mass is 79.9. The smallest absolute Gasteiger partial charge is 0.333 e. The first-order valence-corrected chi connectivity index (χ1v) is 12.3. The van der Waals surface area contributed by atoms with Crippen molar-refractivity contribution in [2.24, 2.45) is 0 Å². The number of rotatable bonds is 4. The summed E-state index contributed by atoms with van der Waals surface area (Å²) in [5, 5.41) is 13.0. The Morgan fingerprint density at radius 2 is 1.56 bits per heavy atom. The first kappa shape index (κ1) is 24.7. The van der Waals surface area contributed by atoms with Crippen LogP contribution in [0.3, 0.4) is 0 Å². The van der Waals surface area contributed by atoms with Crippen molar-refractivity contribution >= 4 is 49.9 Å². The molecule has 32 heavy (non-hydrogen) atoms. The van der Waals surface area contributed by atoms with Crippen molar-refractivity contribution in [2.45, 2.75) is 30.3 Å². The lowest BCUT2D eigenvalue weighted by Gasteiger charge is -2.31. The van der Waals surface area contributed by atoms with Crippen molar-refractivity contribution in [3.05, 3.63) is 110 Å². The second-order valence-corrected chi connectivity index (χ2v) is 9.85. The van der Waals surface area contributed by atoms with Gasteiger partial charge in [-0.3, -0.25) is 5.32 Å². The van der Waals surface area contributed by atoms with Gasteiger partial charge in [-0.05, 0) is 60.9 Å². The summed E-state index contributed by atoms with van der Waals surface area (Å²) in [4.78, 5) is 12.5. The third kappa shape index (κ3) is 6.80. The van der Waals surface area contributed by atoms with Gasteiger partial charge in [-0.25, -0.2) is 4.79 Å². The van der Waals surface area contributed by atoms with E-state index in [0.717, 1.165) is 37.0 Å². The molecule has 0 spiro atoms. The summed E-state index contributed by atoms with van der Waals surface area (Å²) in [5.74, 6) is -0.879. The number of aryl methyl sites for hydroxylation is 1. The third-order valence-corrected chi connectivity index (χ3v) is 6.53. The van der Waals surface area contributed by atoms with E-state index in [4.69, 9.17) is 4.55 Å². The molecule has 0 amide bonds. The van der Waals surface area contributed by atoms with Crippen LogP contribution in [0.15, 0.2) is 98.3 Å². The molecule has 0 saturated carbocycles. The maximum absolute atomic E-state index is 11.6. The van der Waals surface area contributed by atoms with Crippen LogP contribution >= 0.6 is 43.9 Å². The van der Waals surface area contributed by atoms with Crippen LogP contribution in [0.2, 0.25) is 0 Å². The molecule has 0 aliphatic carbocycles. The number of benzene rings is 3. The predicted molar refractivity (Wildman–Crippen MR) is 137 cm³/mol. The molecule has 0 aromatic heterocycles. The van der Waals surface area contributed by atoms with E-state index in [9.17, 15) is 9.90 Å². The van der Waals surface area contributed by atoms with Crippen molar-refractivity contribution in [1.29, 1.82) is 0 Å². The Hall–Kier alpha value is -1.90. The fourth-order valence-corrected chi connectivity index (χ4v) is 4.54. The summed E-state index contributed by atoms with van der Waals surface area (Å²) in [5.41, 5.74) is 3.69. The van der Waals surface area contributed by atoms with Gasteiger partial charge in [-0.1, -0.05) is 79.9 Å². The Bertz CT molecular complexity index is 1100. The quantitative estimate of drug-likeness (QED) is 0.280. The van der Waals surface area contributed by atoms with Crippen LogP contribution in [0.1, 0.15) is 35.2 Å². The van der Waals surface area contributed by atoms with E-state index in [0.29, 0.717) is 12.0 Å². The van der Waals surface area contributed by atoms with E-state index in [1.807, 2.05) is 73.7 Å². The van der Waals surface area contributed by atoms with Crippen LogP contribution in [-0.4, -0.2) is 15.6 Å². The number of aliphatic carboxylic acids is 1. The first-order chi connectivity index (χ1) is 15.4. The van der Waals surface area contributed by atoms with Crippen LogP contribution in [0, 0.1) is 6.92 Å². The van der Waals surface area contributed by atoms with Crippen molar-refractivity contribution in [1.82, 2.24) is 5.32 Å². The molecular formula is C25H23Br2NO3S. The normalized spacial score (nSPS) is 17.7. The van der Waals surface area contributed by atoms with Crippen LogP contribution in [-0.2, 0) is 4.79 Å². The number of hydrogen-bond acceptors (Lipinski definition) is 4. The highest BCUT2D eigenvalue weighted by molar-refractivity contribution is 9.10. The van der Waals surface area contributed by atoms with E-state index in [-0.39, 0.29) is 12.1 Å². The van der Waals surface area contributed by atoms with Gasteiger partial charge in [0.1, 0.15) is 0 Å². The second kappa shape index (κ2) is 11.8. The van der Waals surface area contributed by atoms with Gasteiger partial charge in [-0.2, -0.15) is 0 Å². The van der Waals surface area contributed by atoms with Gasteiger partial charge < -0.3 is 9.66 Å². The maximum atomic E-state index is 11.6. The van der Waals surface area contributed by atoms with E-state index in [1.54, 1.807) is 0 Å². The van der Waals surface area contributed by atoms with Gasteiger partial charge in [0, 0.05) is 31.9 Å². The number of hydrogen-bond donors (Lipinski definition) is 3. The van der Waals surface area contributed by atoms with E-state index in [2.05, 4.69) is 49.3 Å². The molecule has 1 heterocycles. The van der Waals surface area contributed by atoms with Gasteiger partial charge >= 0.3 is 5.97 Å². The highest BCUT2D eigenvalue weighted by Gasteiger charge is 2.29. The average molecular weight is 577 g/mol. The number of carboxylic acid groups (broad SMARTS) is 1. The SMILES string of the molecule is Cc1ccc(SO)cc1.O=C(O)C1=CCC(c2cccc(Br)c2)NC1c1cccc(Br)c1. The van der Waals surface area contributed by atoms with Gasteiger partial charge in [-0.15, -0.1) is 0 Å². The highest BCUT2D eigenvalue weighted by Crippen LogP contribution is 2.34. The number of carboxylic acids is 1. The molecule has 3 N–H and O–H groups in total. The molecule has 2 atom stereocenters. The summed E-state index contributed by atoms with van der Waals surface area (Å²) < 4.78 is 10.5. The van der Waals surface area contributed by atoms with Gasteiger partial charge in [0.2, 0.25) is 0 Å². The zero-order valence-corrected chi connectivity index (χ0v) is 21.3. The summed E-state index contributed by atoms with van der Waals surface area (Å²) in [6.45, 7) is 2.02. The molecule has 1 aliphatic rings. The van der Waals surface area contributed by atoms with Crippen molar-refractivity contribution in [3.8, 4) is 0 Å². The lowest BCUT2D eigenvalue weighted by atomic mass is 9.89. The van der Waals surface area contributed by atoms with Crippen LogP contribution in [0.4, 0.5) is 0 Å². The molecule has 7 heteroatoms. The molecule has 0 saturated heterocycles. The Morgan fingerprint density at radius 1 is 0.969 bits per heavy atom. The molecular weight excluding hydrogens is 554 g/mol. The Labute approximate surface area is 209 Å². The molecule has 3 aromatic carbocycles. The van der Waals surface area contributed by atoms with Crippen molar-refractivity contribution < 1.29 is 14.5 Å². The maximum Gasteiger partial charge on any atom is 0.333 e. The minimum absolute atomic E-state index is 0.0829. The largest absolute Gasteiger partial charge is 0.478 e. The van der Waals surface area contributed by atoms with Crippen LogP contribution in [0.25, 0.3) is 0 Å². The molecule has 4 rings (SSSR count). The molecule has 166 valence electrons. The monoisotopic (exact) mass is 575 g/mol. The van der Waals surface area contributed by atoms with Crippen LogP contribution in [0.5, 0.6) is 0 Å². The van der Waals surface area contributed by atoms with E-state index >= 15 is 0 Å². The lowest BCUT2D eigenvalue weighted by Crippen LogP contribution is -2.33. The number of halogens is 2. The Balaban J connectivity index is 0.000000269. The summed E-state index contributed by atoms with van der Waals surface area (Å²) in [6, 6.07) is 23.3. The Morgan fingerprint density at radius 3 is 2.12 bits per heavy atom. The zero-order chi connectivity index (χ0) is 23.1. The predicted octanol–water partition coefficient (Wildman–Crippen LogP) is 7.56. The summed E-state index contributed by atoms with van der Waals surface area (Å²) >= 11 is 7.72. The van der Waals surface area contributed by atoms with Gasteiger partial charge in [0.15, 0.2) is 0 Å². The molecule has 1 aliphatic heterocycles. The minimum Gasteiger partial charge on any atom is -0.478 e. The summed E-state index contributed by atoms with van der Waals surface area (Å²) in [6.07, 6.45) is 2.48. The zero-order valence-electron chi connectivity index (χ0n) is 17.3. The third-order valence-electron chi connectivity index (χ3n) is 5.06. The van der Waals surface area contributed by atoms with E-state index < -0.39 is 5.97 Å². The minimum atomic E-state index is -0.879. The molecule has 4 nitrogen and oxygen atoms in total.